The van der Waals surface area contributed by atoms with Crippen molar-refractivity contribution < 1.29 is 14.9 Å². The van der Waals surface area contributed by atoms with Gasteiger partial charge in [0.1, 0.15) is 11.4 Å². The summed E-state index contributed by atoms with van der Waals surface area (Å²) in [5, 5.41) is 19.6. The largest absolute Gasteiger partial charge is 0.494 e. The van der Waals surface area contributed by atoms with Crippen LogP contribution >= 0.6 is 0 Å². The topological polar surface area (TPSA) is 70.8 Å². The van der Waals surface area contributed by atoms with E-state index in [2.05, 4.69) is 22.0 Å². The fraction of sp³-hybridized carbons (Fsp3) is 0.526. The number of nitrogens with zero attached hydrogens (tertiary/aromatic N) is 3. The minimum Gasteiger partial charge on any atom is -0.494 e. The predicted molar refractivity (Wildman–Crippen MR) is 95.3 cm³/mol. The molecule has 0 aliphatic carbocycles. The molecule has 1 aromatic heterocycles. The molecule has 1 saturated heterocycles. The number of aliphatic hydroxyl groups excluding tert-OH is 1. The van der Waals surface area contributed by atoms with Crippen molar-refractivity contribution in [2.75, 3.05) is 26.3 Å². The third kappa shape index (κ3) is 5.29. The molecule has 0 amide bonds. The van der Waals surface area contributed by atoms with Gasteiger partial charge in [-0.25, -0.2) is 4.98 Å². The number of piperidine rings is 1. The summed E-state index contributed by atoms with van der Waals surface area (Å²) in [7, 11) is 0. The summed E-state index contributed by atoms with van der Waals surface area (Å²) in [6.45, 7) is 3.66. The van der Waals surface area contributed by atoms with E-state index in [9.17, 15) is 10.2 Å². The summed E-state index contributed by atoms with van der Waals surface area (Å²) in [5.41, 5.74) is 0.240. The van der Waals surface area contributed by atoms with Crippen LogP contribution in [-0.4, -0.2) is 56.6 Å². The molecule has 0 spiro atoms. The number of aromatic nitrogens is 2. The molecule has 2 N–H and O–H groups in total. The van der Waals surface area contributed by atoms with Crippen LogP contribution in [0.2, 0.25) is 0 Å². The molecule has 0 bridgehead atoms. The summed E-state index contributed by atoms with van der Waals surface area (Å²) >= 11 is 0. The van der Waals surface area contributed by atoms with Gasteiger partial charge in [0.05, 0.1) is 19.5 Å². The Balaban J connectivity index is 1.42. The maximum absolute atomic E-state index is 10.2. The molecular weight excluding hydrogens is 318 g/mol. The van der Waals surface area contributed by atoms with Gasteiger partial charge in [-0.2, -0.15) is 0 Å². The molecule has 25 heavy (non-hydrogen) atoms. The number of aryl methyl sites for hydroxylation is 1. The molecule has 1 aliphatic heterocycles. The Kier molecular flexibility index (Phi) is 6.07. The van der Waals surface area contributed by atoms with Gasteiger partial charge in [-0.1, -0.05) is 12.1 Å². The lowest BCUT2D eigenvalue weighted by Gasteiger charge is -2.38. The van der Waals surface area contributed by atoms with E-state index in [0.717, 1.165) is 38.2 Å². The number of hydrogen-bond donors (Lipinski definition) is 2. The van der Waals surface area contributed by atoms with Crippen molar-refractivity contribution in [3.05, 3.63) is 48.5 Å². The van der Waals surface area contributed by atoms with Gasteiger partial charge in [0, 0.05) is 32.0 Å². The molecule has 0 saturated carbocycles. The zero-order valence-corrected chi connectivity index (χ0v) is 14.5. The number of rotatable bonds is 8. The van der Waals surface area contributed by atoms with Gasteiger partial charge in [0.25, 0.3) is 0 Å². The van der Waals surface area contributed by atoms with Crippen molar-refractivity contribution in [1.82, 2.24) is 14.5 Å². The predicted octanol–water partition coefficient (Wildman–Crippen LogP) is 1.67. The Hall–Kier alpha value is -1.89. The van der Waals surface area contributed by atoms with E-state index >= 15 is 0 Å². The molecule has 1 atom stereocenters. The number of imidazole rings is 1. The van der Waals surface area contributed by atoms with Crippen molar-refractivity contribution in [3.63, 3.8) is 0 Å². The van der Waals surface area contributed by atoms with E-state index in [1.807, 2.05) is 29.2 Å². The van der Waals surface area contributed by atoms with Gasteiger partial charge in [-0.3, -0.25) is 4.90 Å². The second-order valence-electron chi connectivity index (χ2n) is 6.84. The average molecular weight is 345 g/mol. The van der Waals surface area contributed by atoms with Gasteiger partial charge in [0.2, 0.25) is 0 Å². The van der Waals surface area contributed by atoms with E-state index < -0.39 is 5.60 Å². The molecule has 136 valence electrons. The Morgan fingerprint density at radius 2 is 2.08 bits per heavy atom. The maximum Gasteiger partial charge on any atom is 0.119 e. The highest BCUT2D eigenvalue weighted by atomic mass is 16.5. The Morgan fingerprint density at radius 3 is 2.80 bits per heavy atom. The lowest BCUT2D eigenvalue weighted by atomic mass is 9.93. The average Bonchev–Trinajstić information content (AvgIpc) is 3.14. The molecule has 6 nitrogen and oxygen atoms in total. The normalized spacial score (nSPS) is 21.4. The van der Waals surface area contributed by atoms with Crippen molar-refractivity contribution >= 4 is 0 Å². The lowest BCUT2D eigenvalue weighted by Crippen LogP contribution is -2.49. The number of β-amino-alcohol motifs (C(OH)–C–C–N with tert-alkyl or cyclic N) is 1. The van der Waals surface area contributed by atoms with Crippen LogP contribution in [0.4, 0.5) is 0 Å². The van der Waals surface area contributed by atoms with E-state index in [0.29, 0.717) is 19.6 Å². The Bertz CT molecular complexity index is 630. The van der Waals surface area contributed by atoms with Gasteiger partial charge in [0.15, 0.2) is 0 Å². The third-order valence-corrected chi connectivity index (χ3v) is 4.65. The van der Waals surface area contributed by atoms with Gasteiger partial charge in [-0.15, -0.1) is 0 Å². The van der Waals surface area contributed by atoms with E-state index in [-0.39, 0.29) is 6.61 Å². The second-order valence-corrected chi connectivity index (χ2v) is 6.84. The van der Waals surface area contributed by atoms with Crippen molar-refractivity contribution in [2.45, 2.75) is 38.0 Å². The maximum atomic E-state index is 10.2. The monoisotopic (exact) mass is 345 g/mol. The van der Waals surface area contributed by atoms with Crippen LogP contribution in [0.1, 0.15) is 24.8 Å². The standard InChI is InChI=1S/C19H27N3O3/c23-15-19(24)7-1-9-22(14-19)13-17-3-5-18(6-4-17)25-12-2-10-21-11-8-20-16-21/h3-6,8,11,16,23-24H,1-2,7,9-10,12-15H2/t19-/m0/s1. The van der Waals surface area contributed by atoms with Crippen LogP contribution < -0.4 is 4.74 Å². The first-order valence-corrected chi connectivity index (χ1v) is 8.90. The molecule has 2 aromatic rings. The molecule has 0 unspecified atom stereocenters. The van der Waals surface area contributed by atoms with Crippen LogP contribution in [0.3, 0.4) is 0 Å². The lowest BCUT2D eigenvalue weighted by molar-refractivity contribution is -0.0687. The summed E-state index contributed by atoms with van der Waals surface area (Å²) in [4.78, 5) is 6.21. The van der Waals surface area contributed by atoms with Gasteiger partial charge < -0.3 is 19.5 Å². The van der Waals surface area contributed by atoms with E-state index in [1.54, 1.807) is 6.20 Å². The minimum absolute atomic E-state index is 0.171. The molecule has 3 rings (SSSR count). The first-order valence-electron chi connectivity index (χ1n) is 8.90. The highest BCUT2D eigenvalue weighted by Gasteiger charge is 2.32. The first kappa shape index (κ1) is 17.9. The SMILES string of the molecule is OC[C@]1(O)CCCN(Cc2ccc(OCCCn3ccnc3)cc2)C1. The van der Waals surface area contributed by atoms with Crippen LogP contribution in [0.25, 0.3) is 0 Å². The number of ether oxygens (including phenoxy) is 1. The molecule has 1 fully saturated rings. The quantitative estimate of drug-likeness (QED) is 0.712. The molecule has 0 radical (unpaired) electrons. The van der Waals surface area contributed by atoms with Gasteiger partial charge >= 0.3 is 0 Å². The smallest absolute Gasteiger partial charge is 0.119 e. The molecular formula is C19H27N3O3. The summed E-state index contributed by atoms with van der Waals surface area (Å²) in [5.74, 6) is 0.875. The van der Waals surface area contributed by atoms with Crippen LogP contribution in [0.5, 0.6) is 5.75 Å². The summed E-state index contributed by atoms with van der Waals surface area (Å²) in [6, 6.07) is 8.12. The third-order valence-electron chi connectivity index (χ3n) is 4.65. The van der Waals surface area contributed by atoms with Gasteiger partial charge in [-0.05, 0) is 43.5 Å². The number of hydrogen-bond acceptors (Lipinski definition) is 5. The number of benzene rings is 1. The second kappa shape index (κ2) is 8.47. The molecule has 1 aromatic carbocycles. The fourth-order valence-corrected chi connectivity index (χ4v) is 3.28. The zero-order chi connectivity index (χ0) is 17.5. The van der Waals surface area contributed by atoms with Crippen molar-refractivity contribution in [2.24, 2.45) is 0 Å². The fourth-order valence-electron chi connectivity index (χ4n) is 3.28. The highest BCUT2D eigenvalue weighted by Crippen LogP contribution is 2.22. The highest BCUT2D eigenvalue weighted by molar-refractivity contribution is 5.27. The van der Waals surface area contributed by atoms with Crippen molar-refractivity contribution in [1.29, 1.82) is 0 Å². The minimum atomic E-state index is -0.948. The van der Waals surface area contributed by atoms with Crippen LogP contribution in [-0.2, 0) is 13.1 Å². The summed E-state index contributed by atoms with van der Waals surface area (Å²) < 4.78 is 7.82. The summed E-state index contributed by atoms with van der Waals surface area (Å²) in [6.07, 6.45) is 8.07. The van der Waals surface area contributed by atoms with Crippen LogP contribution in [0.15, 0.2) is 43.0 Å². The molecule has 1 aliphatic rings. The number of aliphatic hydroxyl groups is 2. The van der Waals surface area contributed by atoms with E-state index in [4.69, 9.17) is 4.74 Å². The first-order chi connectivity index (χ1) is 12.2. The Morgan fingerprint density at radius 1 is 1.24 bits per heavy atom. The molecule has 2 heterocycles. The number of likely N-dealkylation sites (tertiary alicyclic amines) is 1. The molecule has 6 heteroatoms. The Labute approximate surface area is 148 Å². The zero-order valence-electron chi connectivity index (χ0n) is 14.5. The van der Waals surface area contributed by atoms with Crippen molar-refractivity contribution in [3.8, 4) is 5.75 Å². The van der Waals surface area contributed by atoms with E-state index in [1.165, 1.54) is 5.56 Å². The van der Waals surface area contributed by atoms with Crippen LogP contribution in [0, 0.1) is 0 Å².